The van der Waals surface area contributed by atoms with Gasteiger partial charge >= 0.3 is 0 Å². The van der Waals surface area contributed by atoms with Crippen LogP contribution in [0.15, 0.2) is 0 Å². The van der Waals surface area contributed by atoms with Gasteiger partial charge in [-0.3, -0.25) is 4.79 Å². The third-order valence-corrected chi connectivity index (χ3v) is 1.61. The molecule has 0 saturated heterocycles. The van der Waals surface area contributed by atoms with Crippen LogP contribution < -0.4 is 0 Å². The standard InChI is InChI=1S/C6H10O/c7-5-6-3-1-2-4-6/h5-6H,1-4H2/p+1. The fraction of sp³-hybridized carbons (Fsp3) is 0.833. The van der Waals surface area contributed by atoms with Gasteiger partial charge in [0.2, 0.25) is 0 Å². The minimum atomic E-state index is 0.528. The molecule has 1 nitrogen and oxygen atoms in total. The van der Waals surface area contributed by atoms with Crippen molar-refractivity contribution in [3.63, 3.8) is 0 Å². The van der Waals surface area contributed by atoms with E-state index in [-0.39, 0.29) is 0 Å². The van der Waals surface area contributed by atoms with Gasteiger partial charge in [-0.25, -0.2) is 0 Å². The molecule has 1 aliphatic rings. The van der Waals surface area contributed by atoms with Crippen molar-refractivity contribution in [2.24, 2.45) is 5.92 Å². The van der Waals surface area contributed by atoms with E-state index in [2.05, 4.69) is 0 Å². The Hall–Kier alpha value is -0.330. The molecular formula is C6H11O+. The van der Waals surface area contributed by atoms with Crippen LogP contribution >= 0.6 is 0 Å². The molecule has 0 aromatic carbocycles. The third-order valence-electron chi connectivity index (χ3n) is 1.61. The van der Waals surface area contributed by atoms with Crippen LogP contribution in [0.1, 0.15) is 25.7 Å². The van der Waals surface area contributed by atoms with E-state index in [1.54, 1.807) is 0 Å². The molecule has 0 heterocycles. The van der Waals surface area contributed by atoms with Gasteiger partial charge in [0.15, 0.2) is 0 Å². The first-order chi connectivity index (χ1) is 3.43. The van der Waals surface area contributed by atoms with Crippen LogP contribution in [-0.4, -0.2) is 11.1 Å². The number of hydrogen-bond donors (Lipinski definition) is 0. The molecule has 1 rings (SSSR count). The summed E-state index contributed by atoms with van der Waals surface area (Å²) in [5.41, 5.74) is 0. The predicted octanol–water partition coefficient (Wildman–Crippen LogP) is 1.35. The molecule has 0 aromatic heterocycles. The summed E-state index contributed by atoms with van der Waals surface area (Å²) >= 11 is 0. The smallest absolute Gasteiger partial charge is 0.284 e. The lowest BCUT2D eigenvalue weighted by atomic mass is 10.1. The minimum absolute atomic E-state index is 0.528. The normalized spacial score (nSPS) is 22.9. The Morgan fingerprint density at radius 2 is 1.86 bits per heavy atom. The quantitative estimate of drug-likeness (QED) is 0.349. The van der Waals surface area contributed by atoms with Gasteiger partial charge in [-0.15, -0.1) is 0 Å². The number of aldehydes is 1. The predicted molar refractivity (Wildman–Crippen MR) is 30.0 cm³/mol. The molecule has 0 spiro atoms. The lowest BCUT2D eigenvalue weighted by Crippen LogP contribution is -1.91. The summed E-state index contributed by atoms with van der Waals surface area (Å²) in [5.74, 6) is 0.528. The third kappa shape index (κ3) is 1.02. The lowest BCUT2D eigenvalue weighted by molar-refractivity contribution is 0.619. The summed E-state index contributed by atoms with van der Waals surface area (Å²) in [7, 11) is 0. The highest BCUT2D eigenvalue weighted by atomic mass is 16.1. The van der Waals surface area contributed by atoms with Crippen molar-refractivity contribution in [1.82, 2.24) is 0 Å². The first kappa shape index (κ1) is 4.82. The van der Waals surface area contributed by atoms with Gasteiger partial charge in [0.25, 0.3) is 6.29 Å². The van der Waals surface area contributed by atoms with Gasteiger partial charge in [-0.05, 0) is 12.8 Å². The molecule has 1 N–H and O–H groups in total. The van der Waals surface area contributed by atoms with Crippen molar-refractivity contribution in [3.05, 3.63) is 0 Å². The summed E-state index contributed by atoms with van der Waals surface area (Å²) in [5, 5.41) is 0. The lowest BCUT2D eigenvalue weighted by Gasteiger charge is -1.85. The molecule has 0 amide bonds. The summed E-state index contributed by atoms with van der Waals surface area (Å²) in [6.07, 6.45) is 6.36. The second kappa shape index (κ2) is 2.10. The Bertz CT molecular complexity index is 62.6. The van der Waals surface area contributed by atoms with Gasteiger partial charge in [-0.1, -0.05) is 12.8 Å². The monoisotopic (exact) mass is 99.1 g/mol. The van der Waals surface area contributed by atoms with Crippen molar-refractivity contribution in [2.45, 2.75) is 25.7 Å². The van der Waals surface area contributed by atoms with E-state index in [1.165, 1.54) is 32.0 Å². The Morgan fingerprint density at radius 1 is 1.29 bits per heavy atom. The molecule has 0 bridgehead atoms. The molecular weight excluding hydrogens is 88.1 g/mol. The van der Waals surface area contributed by atoms with Crippen molar-refractivity contribution in [1.29, 1.82) is 0 Å². The Kier molecular flexibility index (Phi) is 1.45. The number of rotatable bonds is 1. The second-order valence-electron chi connectivity index (χ2n) is 2.19. The highest BCUT2D eigenvalue weighted by Gasteiger charge is 2.15. The largest absolute Gasteiger partial charge is 0.287 e. The molecule has 0 unspecified atom stereocenters. The van der Waals surface area contributed by atoms with Crippen LogP contribution in [0.2, 0.25) is 0 Å². The van der Waals surface area contributed by atoms with Gasteiger partial charge in [0.1, 0.15) is 0 Å². The minimum Gasteiger partial charge on any atom is -0.287 e. The van der Waals surface area contributed by atoms with Crippen molar-refractivity contribution in [2.75, 3.05) is 0 Å². The van der Waals surface area contributed by atoms with Crippen molar-refractivity contribution < 1.29 is 4.79 Å². The van der Waals surface area contributed by atoms with Crippen LogP contribution in [0.5, 0.6) is 0 Å². The van der Waals surface area contributed by atoms with E-state index in [1.807, 2.05) is 0 Å². The molecule has 0 aromatic rings. The van der Waals surface area contributed by atoms with Crippen molar-refractivity contribution >= 4 is 6.29 Å². The molecule has 0 radical (unpaired) electrons. The molecule has 1 fully saturated rings. The van der Waals surface area contributed by atoms with E-state index in [0.717, 1.165) is 0 Å². The topological polar surface area (TPSA) is 21.4 Å². The van der Waals surface area contributed by atoms with Gasteiger partial charge in [0.05, 0.1) is 5.92 Å². The fourth-order valence-corrected chi connectivity index (χ4v) is 1.11. The average molecular weight is 99.2 g/mol. The Labute approximate surface area is 43.7 Å². The SMILES string of the molecule is [OH+]=CC1CCCC1. The highest BCUT2D eigenvalue weighted by molar-refractivity contribution is 5.54. The fourth-order valence-electron chi connectivity index (χ4n) is 1.11. The van der Waals surface area contributed by atoms with Crippen LogP contribution in [0, 0.1) is 5.92 Å². The van der Waals surface area contributed by atoms with E-state index >= 15 is 0 Å². The van der Waals surface area contributed by atoms with E-state index in [4.69, 9.17) is 4.79 Å². The molecule has 1 saturated carbocycles. The second-order valence-corrected chi connectivity index (χ2v) is 2.19. The Balaban J connectivity index is 2.26. The maximum Gasteiger partial charge on any atom is 0.284 e. The van der Waals surface area contributed by atoms with E-state index in [9.17, 15) is 0 Å². The zero-order chi connectivity index (χ0) is 5.11. The number of hydrogen-bond acceptors (Lipinski definition) is 0. The summed E-state index contributed by atoms with van der Waals surface area (Å²) in [4.78, 5) is 8.44. The first-order valence-electron chi connectivity index (χ1n) is 2.91. The van der Waals surface area contributed by atoms with Crippen molar-refractivity contribution in [3.8, 4) is 0 Å². The summed E-state index contributed by atoms with van der Waals surface area (Å²) in [6, 6.07) is 0. The highest BCUT2D eigenvalue weighted by Crippen LogP contribution is 2.21. The number of carbonyl (C=O) groups excluding carboxylic acids is 1. The molecule has 0 aliphatic heterocycles. The molecule has 40 valence electrons. The van der Waals surface area contributed by atoms with Crippen LogP contribution in [0.3, 0.4) is 0 Å². The van der Waals surface area contributed by atoms with Crippen LogP contribution in [0.4, 0.5) is 0 Å². The van der Waals surface area contributed by atoms with Crippen LogP contribution in [0.25, 0.3) is 0 Å². The van der Waals surface area contributed by atoms with E-state index in [0.29, 0.717) is 5.92 Å². The maximum absolute atomic E-state index is 8.44. The first-order valence-corrected chi connectivity index (χ1v) is 2.91. The van der Waals surface area contributed by atoms with E-state index < -0.39 is 0 Å². The average Bonchev–Trinajstić information content (AvgIpc) is 2.14. The summed E-state index contributed by atoms with van der Waals surface area (Å²) in [6.45, 7) is 0. The maximum atomic E-state index is 8.44. The summed E-state index contributed by atoms with van der Waals surface area (Å²) < 4.78 is 0. The van der Waals surface area contributed by atoms with Crippen LogP contribution in [-0.2, 0) is 0 Å². The molecule has 7 heavy (non-hydrogen) atoms. The molecule has 0 atom stereocenters. The zero-order valence-electron chi connectivity index (χ0n) is 4.43. The zero-order valence-corrected chi connectivity index (χ0v) is 4.43. The Morgan fingerprint density at radius 3 is 2.14 bits per heavy atom. The van der Waals surface area contributed by atoms with Gasteiger partial charge in [-0.2, -0.15) is 0 Å². The molecule has 1 heteroatoms. The molecule has 1 aliphatic carbocycles. The van der Waals surface area contributed by atoms with Gasteiger partial charge in [0, 0.05) is 0 Å². The van der Waals surface area contributed by atoms with Gasteiger partial charge < -0.3 is 0 Å².